The van der Waals surface area contributed by atoms with E-state index in [-0.39, 0.29) is 19.6 Å². The number of allylic oxidation sites excluding steroid dienone is 14. The molecule has 0 amide bonds. The number of esters is 1. The Kier molecular flexibility index (Phi) is 35.0. The number of rotatable bonds is 37. The van der Waals surface area contributed by atoms with Crippen LogP contribution in [0.25, 0.3) is 0 Å². The third-order valence-corrected chi connectivity index (χ3v) is 9.98. The molecule has 60 heavy (non-hydrogen) atoms. The second-order valence-corrected chi connectivity index (χ2v) is 15.9. The standard InChI is InChI=1S/C47H78O12S/c1-3-5-7-9-11-13-15-17-18-19-20-21-22-23-25-27-29-31-33-35-37-55-39-41(40-56-47-45(51)46(59-60(52,53)54)44(50)42(38-48)58-47)57-43(49)36-34-32-30-28-26-24-16-14-12-10-8-6-4-2/h5-8,11-14,17-18,20-21,24,26,41-42,44-48,50-51H,3-4,9-10,15-16,19,22-23,25,27-40H2,1-2H3,(H,52,53,54)/b7-5-,8-6-,13-11-,14-12-,18-17-,21-20-,26-24-. The average Bonchev–Trinajstić information content (AvgIpc) is 3.22. The van der Waals surface area contributed by atoms with Crippen LogP contribution in [-0.4, -0.2) is 97.5 Å². The van der Waals surface area contributed by atoms with Crippen LogP contribution in [0.3, 0.4) is 0 Å². The lowest BCUT2D eigenvalue weighted by Crippen LogP contribution is -2.60. The van der Waals surface area contributed by atoms with Crippen LogP contribution in [0.2, 0.25) is 0 Å². The van der Waals surface area contributed by atoms with Crippen LogP contribution < -0.4 is 0 Å². The van der Waals surface area contributed by atoms with Gasteiger partial charge in [-0.2, -0.15) is 8.42 Å². The van der Waals surface area contributed by atoms with Crippen molar-refractivity contribution in [2.45, 2.75) is 179 Å². The molecule has 0 saturated carbocycles. The number of unbranched alkanes of at least 4 members (excludes halogenated alkanes) is 10. The molecule has 1 saturated heterocycles. The molecule has 0 aliphatic carbocycles. The summed E-state index contributed by atoms with van der Waals surface area (Å²) in [5.41, 5.74) is 0. The molecule has 1 fully saturated rings. The smallest absolute Gasteiger partial charge is 0.397 e. The van der Waals surface area contributed by atoms with Crippen molar-refractivity contribution in [3.8, 4) is 0 Å². The Balaban J connectivity index is 2.44. The van der Waals surface area contributed by atoms with E-state index >= 15 is 0 Å². The van der Waals surface area contributed by atoms with Gasteiger partial charge in [-0.1, -0.05) is 137 Å². The van der Waals surface area contributed by atoms with Gasteiger partial charge in [0.25, 0.3) is 0 Å². The molecule has 0 aromatic rings. The zero-order valence-corrected chi connectivity index (χ0v) is 37.3. The maximum absolute atomic E-state index is 12.8. The van der Waals surface area contributed by atoms with Crippen molar-refractivity contribution in [3.05, 3.63) is 85.1 Å². The fourth-order valence-electron chi connectivity index (χ4n) is 6.21. The maximum Gasteiger partial charge on any atom is 0.397 e. The van der Waals surface area contributed by atoms with Crippen LogP contribution in [0, 0.1) is 0 Å². The first kappa shape index (κ1) is 55.3. The molecular formula is C47H78O12S. The lowest BCUT2D eigenvalue weighted by molar-refractivity contribution is -0.301. The lowest BCUT2D eigenvalue weighted by atomic mass is 9.99. The van der Waals surface area contributed by atoms with E-state index < -0.39 is 59.8 Å². The van der Waals surface area contributed by atoms with E-state index in [0.29, 0.717) is 13.0 Å². The zero-order valence-electron chi connectivity index (χ0n) is 36.5. The zero-order chi connectivity index (χ0) is 43.9. The molecular weight excluding hydrogens is 789 g/mol. The van der Waals surface area contributed by atoms with E-state index in [0.717, 1.165) is 96.3 Å². The maximum atomic E-state index is 12.8. The fourth-order valence-corrected chi connectivity index (χ4v) is 6.71. The van der Waals surface area contributed by atoms with E-state index in [4.69, 9.17) is 23.5 Å². The molecule has 0 aromatic carbocycles. The van der Waals surface area contributed by atoms with Gasteiger partial charge in [0.2, 0.25) is 0 Å². The number of hydrogen-bond donors (Lipinski definition) is 4. The third-order valence-electron chi connectivity index (χ3n) is 9.51. The molecule has 0 spiro atoms. The Bertz CT molecular complexity index is 1370. The molecule has 344 valence electrons. The Morgan fingerprint density at radius 3 is 1.60 bits per heavy atom. The summed E-state index contributed by atoms with van der Waals surface area (Å²) in [4.78, 5) is 12.8. The van der Waals surface area contributed by atoms with Crippen molar-refractivity contribution in [1.29, 1.82) is 0 Å². The predicted molar refractivity (Wildman–Crippen MR) is 239 cm³/mol. The molecule has 6 unspecified atom stereocenters. The van der Waals surface area contributed by atoms with Gasteiger partial charge in [0.05, 0.1) is 19.8 Å². The van der Waals surface area contributed by atoms with Gasteiger partial charge in [-0.25, -0.2) is 4.18 Å². The van der Waals surface area contributed by atoms with Gasteiger partial charge in [0.15, 0.2) is 6.29 Å². The third kappa shape index (κ3) is 31.2. The van der Waals surface area contributed by atoms with E-state index in [1.807, 2.05) is 0 Å². The Morgan fingerprint density at radius 1 is 0.633 bits per heavy atom. The fraction of sp³-hybridized carbons (Fsp3) is 0.681. The first-order valence-corrected chi connectivity index (χ1v) is 23.7. The minimum Gasteiger partial charge on any atom is -0.457 e. The molecule has 1 rings (SSSR count). The lowest BCUT2D eigenvalue weighted by Gasteiger charge is -2.41. The normalized spacial score (nSPS) is 21.1. The number of carbonyl (C=O) groups excluding carboxylic acids is 1. The Labute approximate surface area is 362 Å². The number of ether oxygens (including phenoxy) is 4. The van der Waals surface area contributed by atoms with E-state index in [1.54, 1.807) is 0 Å². The number of aliphatic hydroxyl groups is 3. The van der Waals surface area contributed by atoms with Gasteiger partial charge in [-0.15, -0.1) is 0 Å². The van der Waals surface area contributed by atoms with Gasteiger partial charge in [-0.05, 0) is 83.5 Å². The first-order valence-electron chi connectivity index (χ1n) is 22.3. The number of aliphatic hydroxyl groups excluding tert-OH is 3. The first-order chi connectivity index (χ1) is 29.1. The van der Waals surface area contributed by atoms with Crippen molar-refractivity contribution in [1.82, 2.24) is 0 Å². The van der Waals surface area contributed by atoms with Crippen molar-refractivity contribution in [2.75, 3.05) is 26.4 Å². The summed E-state index contributed by atoms with van der Waals surface area (Å²) in [5.74, 6) is -0.437. The molecule has 1 heterocycles. The summed E-state index contributed by atoms with van der Waals surface area (Å²) < 4.78 is 59.0. The minimum absolute atomic E-state index is 0.0109. The molecule has 13 heteroatoms. The minimum atomic E-state index is -5.07. The molecule has 0 aromatic heterocycles. The van der Waals surface area contributed by atoms with Crippen LogP contribution >= 0.6 is 0 Å². The van der Waals surface area contributed by atoms with Crippen LogP contribution in [0.4, 0.5) is 0 Å². The summed E-state index contributed by atoms with van der Waals surface area (Å²) in [6.07, 6.45) is 40.5. The number of hydrogen-bond acceptors (Lipinski definition) is 11. The van der Waals surface area contributed by atoms with E-state index in [2.05, 4.69) is 103 Å². The molecule has 0 bridgehead atoms. The average molecular weight is 867 g/mol. The predicted octanol–water partition coefficient (Wildman–Crippen LogP) is 9.29. The largest absolute Gasteiger partial charge is 0.457 e. The van der Waals surface area contributed by atoms with Crippen molar-refractivity contribution in [2.24, 2.45) is 0 Å². The second-order valence-electron chi connectivity index (χ2n) is 14.9. The molecule has 0 radical (unpaired) electrons. The highest BCUT2D eigenvalue weighted by Crippen LogP contribution is 2.26. The van der Waals surface area contributed by atoms with Crippen LogP contribution in [0.5, 0.6) is 0 Å². The Morgan fingerprint density at radius 2 is 1.10 bits per heavy atom. The summed E-state index contributed by atoms with van der Waals surface area (Å²) in [7, 11) is -5.07. The van der Waals surface area contributed by atoms with Gasteiger partial charge < -0.3 is 34.3 Å². The quantitative estimate of drug-likeness (QED) is 0.0202. The molecule has 6 atom stereocenters. The van der Waals surface area contributed by atoms with E-state index in [1.165, 1.54) is 19.3 Å². The van der Waals surface area contributed by atoms with Crippen LogP contribution in [-0.2, 0) is 38.3 Å². The van der Waals surface area contributed by atoms with Crippen molar-refractivity contribution in [3.63, 3.8) is 0 Å². The summed E-state index contributed by atoms with van der Waals surface area (Å²) >= 11 is 0. The summed E-state index contributed by atoms with van der Waals surface area (Å²) in [5, 5.41) is 30.6. The molecule has 4 N–H and O–H groups in total. The highest BCUT2D eigenvalue weighted by Gasteiger charge is 2.48. The topological polar surface area (TPSA) is 178 Å². The van der Waals surface area contributed by atoms with Crippen molar-refractivity contribution < 1.29 is 56.2 Å². The van der Waals surface area contributed by atoms with E-state index in [9.17, 15) is 28.5 Å². The van der Waals surface area contributed by atoms with Crippen molar-refractivity contribution >= 4 is 16.4 Å². The highest BCUT2D eigenvalue weighted by atomic mass is 32.3. The monoisotopic (exact) mass is 867 g/mol. The molecule has 1 aliphatic rings. The van der Waals surface area contributed by atoms with Crippen LogP contribution in [0.1, 0.15) is 142 Å². The SMILES string of the molecule is CC/C=C\C/C=C\C/C=C\C/C=C\CCCCCCCCCOCC(COC1OC(CO)C(O)C(OS(=O)(=O)O)C1O)OC(=O)CCCCC/C=C\C/C=C\C/C=C\CC. The van der Waals surface area contributed by atoms with Gasteiger partial charge >= 0.3 is 16.4 Å². The molecule has 12 nitrogen and oxygen atoms in total. The van der Waals surface area contributed by atoms with Gasteiger partial charge in [0, 0.05) is 13.0 Å². The molecule has 1 aliphatic heterocycles. The van der Waals surface area contributed by atoms with Crippen LogP contribution in [0.15, 0.2) is 85.1 Å². The Hall–Kier alpha value is -2.72. The van der Waals surface area contributed by atoms with Gasteiger partial charge in [0.1, 0.15) is 30.5 Å². The second kappa shape index (κ2) is 38.0. The summed E-state index contributed by atoms with van der Waals surface area (Å²) in [6, 6.07) is 0. The highest BCUT2D eigenvalue weighted by molar-refractivity contribution is 7.80. The van der Waals surface area contributed by atoms with Gasteiger partial charge in [-0.3, -0.25) is 9.35 Å². The number of carbonyl (C=O) groups is 1. The summed E-state index contributed by atoms with van der Waals surface area (Å²) in [6.45, 7) is 3.67.